The Morgan fingerprint density at radius 2 is 2.08 bits per heavy atom. The van der Waals surface area contributed by atoms with E-state index in [0.717, 1.165) is 10.6 Å². The van der Waals surface area contributed by atoms with E-state index in [2.05, 4.69) is 10.3 Å². The van der Waals surface area contributed by atoms with Crippen molar-refractivity contribution < 1.29 is 19.1 Å². The van der Waals surface area contributed by atoms with Crippen molar-refractivity contribution >= 4 is 28.8 Å². The SMILES string of the molecule is COCC(=O)N1CCc2nc(C(=O)Nc3cccc(OC)c3)sc2CC1. The summed E-state index contributed by atoms with van der Waals surface area (Å²) in [6, 6.07) is 7.20. The third-order valence-electron chi connectivity index (χ3n) is 4.15. The molecule has 3 rings (SSSR count). The first-order chi connectivity index (χ1) is 12.6. The van der Waals surface area contributed by atoms with Gasteiger partial charge in [0.2, 0.25) is 5.91 Å². The van der Waals surface area contributed by atoms with Crippen LogP contribution in [-0.4, -0.2) is 55.6 Å². The van der Waals surface area contributed by atoms with Crippen molar-refractivity contribution in [3.05, 3.63) is 39.8 Å². The smallest absolute Gasteiger partial charge is 0.284 e. The third kappa shape index (κ3) is 4.20. The zero-order valence-corrected chi connectivity index (χ0v) is 15.6. The fourth-order valence-electron chi connectivity index (χ4n) is 2.81. The molecule has 0 unspecified atom stereocenters. The van der Waals surface area contributed by atoms with Gasteiger partial charge in [-0.05, 0) is 12.1 Å². The topological polar surface area (TPSA) is 80.8 Å². The van der Waals surface area contributed by atoms with Crippen molar-refractivity contribution in [3.63, 3.8) is 0 Å². The third-order valence-corrected chi connectivity index (χ3v) is 5.30. The molecular weight excluding hydrogens is 354 g/mol. The van der Waals surface area contributed by atoms with Crippen LogP contribution in [0.3, 0.4) is 0 Å². The van der Waals surface area contributed by atoms with Crippen molar-refractivity contribution in [2.75, 3.05) is 39.2 Å². The average molecular weight is 375 g/mol. The maximum atomic E-state index is 12.5. The number of carbonyl (C=O) groups excluding carboxylic acids is 2. The van der Waals surface area contributed by atoms with E-state index in [9.17, 15) is 9.59 Å². The largest absolute Gasteiger partial charge is 0.497 e. The molecule has 26 heavy (non-hydrogen) atoms. The van der Waals surface area contributed by atoms with Crippen LogP contribution >= 0.6 is 11.3 Å². The lowest BCUT2D eigenvalue weighted by Gasteiger charge is -2.19. The molecule has 0 atom stereocenters. The molecular formula is C18H21N3O4S. The second-order valence-corrected chi connectivity index (χ2v) is 6.97. The highest BCUT2D eigenvalue weighted by molar-refractivity contribution is 7.13. The van der Waals surface area contributed by atoms with E-state index in [1.54, 1.807) is 24.1 Å². The Bertz CT molecular complexity index is 780. The molecule has 138 valence electrons. The average Bonchev–Trinajstić information content (AvgIpc) is 2.95. The predicted molar refractivity (Wildman–Crippen MR) is 98.9 cm³/mol. The molecule has 0 fully saturated rings. The maximum Gasteiger partial charge on any atom is 0.284 e. The zero-order valence-electron chi connectivity index (χ0n) is 14.8. The number of benzene rings is 1. The minimum Gasteiger partial charge on any atom is -0.497 e. The second kappa shape index (κ2) is 8.29. The standard InChI is InChI=1S/C18H21N3O4S/c1-24-11-16(22)21-8-6-14-15(7-9-21)26-18(20-14)17(23)19-12-4-3-5-13(10-12)25-2/h3-5,10H,6-9,11H2,1-2H3,(H,19,23). The van der Waals surface area contributed by atoms with Gasteiger partial charge in [0.25, 0.3) is 5.91 Å². The van der Waals surface area contributed by atoms with Crippen LogP contribution in [0.2, 0.25) is 0 Å². The Morgan fingerprint density at radius 1 is 1.27 bits per heavy atom. The van der Waals surface area contributed by atoms with E-state index < -0.39 is 0 Å². The summed E-state index contributed by atoms with van der Waals surface area (Å²) in [5, 5.41) is 3.29. The highest BCUT2D eigenvalue weighted by atomic mass is 32.1. The van der Waals surface area contributed by atoms with Crippen LogP contribution in [0.1, 0.15) is 20.4 Å². The first-order valence-corrected chi connectivity index (χ1v) is 9.13. The van der Waals surface area contributed by atoms with Gasteiger partial charge < -0.3 is 19.7 Å². The van der Waals surface area contributed by atoms with E-state index in [0.29, 0.717) is 42.4 Å². The van der Waals surface area contributed by atoms with Gasteiger partial charge in [-0.3, -0.25) is 9.59 Å². The number of anilines is 1. The number of nitrogens with zero attached hydrogens (tertiary/aromatic N) is 2. The Kier molecular flexibility index (Phi) is 5.85. The molecule has 0 bridgehead atoms. The van der Waals surface area contributed by atoms with Crippen molar-refractivity contribution in [2.24, 2.45) is 0 Å². The summed E-state index contributed by atoms with van der Waals surface area (Å²) < 4.78 is 10.1. The molecule has 1 aromatic carbocycles. The molecule has 2 heterocycles. The van der Waals surface area contributed by atoms with Gasteiger partial charge in [-0.15, -0.1) is 11.3 Å². The summed E-state index contributed by atoms with van der Waals surface area (Å²) >= 11 is 1.39. The fourth-order valence-corrected chi connectivity index (χ4v) is 3.80. The fraction of sp³-hybridized carbons (Fsp3) is 0.389. The van der Waals surface area contributed by atoms with E-state index in [1.165, 1.54) is 18.4 Å². The predicted octanol–water partition coefficient (Wildman–Crippen LogP) is 1.98. The normalized spacial score (nSPS) is 13.7. The minimum absolute atomic E-state index is 0.0151. The van der Waals surface area contributed by atoms with Crippen molar-refractivity contribution in [1.29, 1.82) is 0 Å². The van der Waals surface area contributed by atoms with Crippen molar-refractivity contribution in [3.8, 4) is 5.75 Å². The first-order valence-electron chi connectivity index (χ1n) is 8.31. The molecule has 2 aromatic rings. The highest BCUT2D eigenvalue weighted by Crippen LogP contribution is 2.24. The molecule has 0 saturated heterocycles. The molecule has 7 nitrogen and oxygen atoms in total. The van der Waals surface area contributed by atoms with Gasteiger partial charge in [0.05, 0.1) is 12.8 Å². The van der Waals surface area contributed by atoms with Gasteiger partial charge in [-0.25, -0.2) is 4.98 Å². The van der Waals surface area contributed by atoms with Crippen molar-refractivity contribution in [1.82, 2.24) is 9.88 Å². The Labute approximate surface area is 155 Å². The van der Waals surface area contributed by atoms with Gasteiger partial charge in [-0.2, -0.15) is 0 Å². The summed E-state index contributed by atoms with van der Waals surface area (Å²) in [5.41, 5.74) is 1.56. The van der Waals surface area contributed by atoms with Crippen LogP contribution in [0.15, 0.2) is 24.3 Å². The van der Waals surface area contributed by atoms with Crippen LogP contribution < -0.4 is 10.1 Å². The first kappa shape index (κ1) is 18.3. The number of hydrogen-bond acceptors (Lipinski definition) is 6. The molecule has 0 spiro atoms. The number of fused-ring (bicyclic) bond motifs is 1. The number of methoxy groups -OCH3 is 2. The Balaban J connectivity index is 1.66. The molecule has 0 radical (unpaired) electrons. The Hall–Kier alpha value is -2.45. The number of nitrogens with one attached hydrogen (secondary N) is 1. The van der Waals surface area contributed by atoms with Crippen LogP contribution in [0, 0.1) is 0 Å². The van der Waals surface area contributed by atoms with Crippen LogP contribution in [0.25, 0.3) is 0 Å². The molecule has 2 amide bonds. The summed E-state index contributed by atoms with van der Waals surface area (Å²) in [4.78, 5) is 31.8. The van der Waals surface area contributed by atoms with Crippen LogP contribution in [0.5, 0.6) is 5.75 Å². The van der Waals surface area contributed by atoms with Crippen molar-refractivity contribution in [2.45, 2.75) is 12.8 Å². The van der Waals surface area contributed by atoms with E-state index >= 15 is 0 Å². The lowest BCUT2D eigenvalue weighted by molar-refractivity contribution is -0.135. The van der Waals surface area contributed by atoms with Gasteiger partial charge in [0.15, 0.2) is 5.01 Å². The molecule has 1 aromatic heterocycles. The molecule has 0 saturated carbocycles. The van der Waals surface area contributed by atoms with Gasteiger partial charge >= 0.3 is 0 Å². The van der Waals surface area contributed by atoms with Gasteiger partial charge in [0.1, 0.15) is 12.4 Å². The number of rotatable bonds is 5. The highest BCUT2D eigenvalue weighted by Gasteiger charge is 2.23. The summed E-state index contributed by atoms with van der Waals surface area (Å²) in [5.74, 6) is 0.431. The zero-order chi connectivity index (χ0) is 18.5. The quantitative estimate of drug-likeness (QED) is 0.864. The van der Waals surface area contributed by atoms with E-state index in [1.807, 2.05) is 12.1 Å². The number of thiazole rings is 1. The number of aromatic nitrogens is 1. The van der Waals surface area contributed by atoms with Crippen LogP contribution in [-0.2, 0) is 22.4 Å². The molecule has 1 aliphatic heterocycles. The Morgan fingerprint density at radius 3 is 2.85 bits per heavy atom. The van der Waals surface area contributed by atoms with E-state index in [-0.39, 0.29) is 18.4 Å². The minimum atomic E-state index is -0.233. The van der Waals surface area contributed by atoms with E-state index in [4.69, 9.17) is 9.47 Å². The number of carbonyl (C=O) groups is 2. The summed E-state index contributed by atoms with van der Waals surface area (Å²) in [6.45, 7) is 1.31. The maximum absolute atomic E-state index is 12.5. The number of amides is 2. The number of ether oxygens (including phenoxy) is 2. The number of hydrogen-bond donors (Lipinski definition) is 1. The molecule has 1 aliphatic rings. The van der Waals surface area contributed by atoms with Gasteiger partial charge in [0, 0.05) is 49.7 Å². The lowest BCUT2D eigenvalue weighted by atomic mass is 10.2. The monoisotopic (exact) mass is 375 g/mol. The van der Waals surface area contributed by atoms with Gasteiger partial charge in [-0.1, -0.05) is 6.07 Å². The molecule has 8 heteroatoms. The lowest BCUT2D eigenvalue weighted by Crippen LogP contribution is -2.35. The molecule has 1 N–H and O–H groups in total. The summed E-state index contributed by atoms with van der Waals surface area (Å²) in [6.07, 6.45) is 1.35. The molecule has 0 aliphatic carbocycles. The second-order valence-electron chi connectivity index (χ2n) is 5.89. The summed E-state index contributed by atoms with van der Waals surface area (Å²) in [7, 11) is 3.10. The van der Waals surface area contributed by atoms with Crippen LogP contribution in [0.4, 0.5) is 5.69 Å².